The van der Waals surface area contributed by atoms with Gasteiger partial charge in [-0.25, -0.2) is 0 Å². The van der Waals surface area contributed by atoms with Crippen molar-refractivity contribution in [2.75, 3.05) is 6.61 Å². The molecule has 2 nitrogen and oxygen atoms in total. The average Bonchev–Trinajstić information content (AvgIpc) is 1.77. The highest BCUT2D eigenvalue weighted by Gasteiger charge is 2.19. The van der Waals surface area contributed by atoms with Crippen molar-refractivity contribution in [1.29, 1.82) is 0 Å². The molecule has 3 heteroatoms. The molecule has 1 aliphatic rings. The molecule has 2 unspecified atom stereocenters. The van der Waals surface area contributed by atoms with E-state index in [4.69, 9.17) is 9.84 Å². The van der Waals surface area contributed by atoms with Crippen LogP contribution in [0.3, 0.4) is 0 Å². The van der Waals surface area contributed by atoms with Gasteiger partial charge in [-0.05, 0) is 12.8 Å². The monoisotopic (exact) mass is 228 g/mol. The van der Waals surface area contributed by atoms with Gasteiger partial charge in [-0.1, -0.05) is 22.6 Å². The van der Waals surface area contributed by atoms with Crippen LogP contribution in [0, 0.1) is 0 Å². The number of hydrogen-bond acceptors (Lipinski definition) is 2. The van der Waals surface area contributed by atoms with Crippen molar-refractivity contribution in [2.24, 2.45) is 0 Å². The van der Waals surface area contributed by atoms with Gasteiger partial charge in [0.1, 0.15) is 0 Å². The first kappa shape index (κ1) is 6.77. The van der Waals surface area contributed by atoms with E-state index in [0.717, 1.165) is 19.4 Å². The third-order valence-corrected chi connectivity index (χ3v) is 2.46. The highest BCUT2D eigenvalue weighted by Crippen LogP contribution is 2.19. The van der Waals surface area contributed by atoms with E-state index < -0.39 is 6.29 Å². The Morgan fingerprint density at radius 3 is 2.75 bits per heavy atom. The molecular formula is C5H9IO2. The molecule has 1 N–H and O–H groups in total. The van der Waals surface area contributed by atoms with E-state index >= 15 is 0 Å². The van der Waals surface area contributed by atoms with Crippen LogP contribution in [0.25, 0.3) is 0 Å². The molecule has 0 aromatic rings. The lowest BCUT2D eigenvalue weighted by molar-refractivity contribution is -0.115. The normalized spacial score (nSPS) is 39.8. The Hall–Kier alpha value is 0.650. The van der Waals surface area contributed by atoms with Crippen molar-refractivity contribution in [3.63, 3.8) is 0 Å². The lowest BCUT2D eigenvalue weighted by Gasteiger charge is -2.22. The summed E-state index contributed by atoms with van der Waals surface area (Å²) in [5, 5.41) is 8.95. The van der Waals surface area contributed by atoms with Gasteiger partial charge in [-0.3, -0.25) is 0 Å². The number of alkyl halides is 1. The van der Waals surface area contributed by atoms with Gasteiger partial charge in [0.2, 0.25) is 0 Å². The molecule has 1 fully saturated rings. The number of aliphatic hydroxyl groups is 1. The summed E-state index contributed by atoms with van der Waals surface area (Å²) in [6.07, 6.45) is 1.66. The van der Waals surface area contributed by atoms with Crippen molar-refractivity contribution in [3.05, 3.63) is 0 Å². The predicted molar refractivity (Wildman–Crippen MR) is 39.0 cm³/mol. The van der Waals surface area contributed by atoms with Gasteiger partial charge < -0.3 is 9.84 Å². The van der Waals surface area contributed by atoms with E-state index in [1.165, 1.54) is 0 Å². The predicted octanol–water partition coefficient (Wildman–Crippen LogP) is 0.919. The van der Waals surface area contributed by atoms with Crippen molar-refractivity contribution < 1.29 is 9.84 Å². The minimum Gasteiger partial charge on any atom is -0.367 e. The Bertz CT molecular complexity index is 66.8. The van der Waals surface area contributed by atoms with E-state index in [1.54, 1.807) is 0 Å². The first-order valence-electron chi connectivity index (χ1n) is 2.74. The highest BCUT2D eigenvalue weighted by molar-refractivity contribution is 14.1. The molecule has 1 aliphatic heterocycles. The first-order chi connectivity index (χ1) is 3.80. The third kappa shape index (κ3) is 1.56. The van der Waals surface area contributed by atoms with Crippen LogP contribution < -0.4 is 0 Å². The highest BCUT2D eigenvalue weighted by atomic mass is 127. The Morgan fingerprint density at radius 1 is 1.62 bits per heavy atom. The summed E-state index contributed by atoms with van der Waals surface area (Å²) in [4.78, 5) is 0. The molecule has 1 rings (SSSR count). The maximum absolute atomic E-state index is 8.95. The van der Waals surface area contributed by atoms with Crippen LogP contribution in [0.1, 0.15) is 12.8 Å². The molecule has 1 heterocycles. The van der Waals surface area contributed by atoms with Gasteiger partial charge in [0.05, 0.1) is 3.92 Å². The minimum absolute atomic E-state index is 0.307. The summed E-state index contributed by atoms with van der Waals surface area (Å²) in [7, 11) is 0. The van der Waals surface area contributed by atoms with Crippen molar-refractivity contribution in [1.82, 2.24) is 0 Å². The minimum atomic E-state index is -0.510. The summed E-state index contributed by atoms with van der Waals surface area (Å²) in [6, 6.07) is 0. The van der Waals surface area contributed by atoms with E-state index in [9.17, 15) is 0 Å². The van der Waals surface area contributed by atoms with E-state index in [2.05, 4.69) is 22.6 Å². The molecule has 0 aromatic heterocycles. The summed E-state index contributed by atoms with van der Waals surface area (Å²) in [5.74, 6) is 0. The molecule has 0 aliphatic carbocycles. The molecule has 0 aromatic carbocycles. The van der Waals surface area contributed by atoms with Crippen LogP contribution in [0.4, 0.5) is 0 Å². The van der Waals surface area contributed by atoms with Gasteiger partial charge in [0.25, 0.3) is 0 Å². The first-order valence-corrected chi connectivity index (χ1v) is 3.99. The fourth-order valence-corrected chi connectivity index (χ4v) is 1.38. The summed E-state index contributed by atoms with van der Waals surface area (Å²) >= 11 is 2.21. The van der Waals surface area contributed by atoms with Crippen LogP contribution in [0.15, 0.2) is 0 Å². The van der Waals surface area contributed by atoms with Crippen molar-refractivity contribution >= 4 is 22.6 Å². The molecular weight excluding hydrogens is 219 g/mol. The van der Waals surface area contributed by atoms with Gasteiger partial charge in [0.15, 0.2) is 6.29 Å². The van der Waals surface area contributed by atoms with Crippen LogP contribution in [0.5, 0.6) is 0 Å². The van der Waals surface area contributed by atoms with Gasteiger partial charge in [-0.2, -0.15) is 0 Å². The topological polar surface area (TPSA) is 29.5 Å². The molecule has 0 spiro atoms. The van der Waals surface area contributed by atoms with Crippen molar-refractivity contribution in [2.45, 2.75) is 23.1 Å². The second-order valence-corrected chi connectivity index (χ2v) is 3.52. The number of halogens is 1. The van der Waals surface area contributed by atoms with Gasteiger partial charge in [0, 0.05) is 6.61 Å². The quantitative estimate of drug-likeness (QED) is 0.493. The second kappa shape index (κ2) is 2.98. The molecule has 0 bridgehead atoms. The smallest absolute Gasteiger partial charge is 0.166 e. The number of aliphatic hydroxyl groups excluding tert-OH is 1. The van der Waals surface area contributed by atoms with E-state index in [-0.39, 0.29) is 0 Å². The Kier molecular flexibility index (Phi) is 2.52. The van der Waals surface area contributed by atoms with Crippen LogP contribution >= 0.6 is 22.6 Å². The maximum Gasteiger partial charge on any atom is 0.166 e. The SMILES string of the molecule is OC1OCCCC1I. The molecule has 1 saturated heterocycles. The van der Waals surface area contributed by atoms with Gasteiger partial charge in [-0.15, -0.1) is 0 Å². The van der Waals surface area contributed by atoms with E-state index in [1.807, 2.05) is 0 Å². The maximum atomic E-state index is 8.95. The molecule has 0 radical (unpaired) electrons. The molecule has 0 amide bonds. The summed E-state index contributed by atoms with van der Waals surface area (Å²) in [6.45, 7) is 0.723. The molecule has 8 heavy (non-hydrogen) atoms. The molecule has 48 valence electrons. The van der Waals surface area contributed by atoms with Crippen LogP contribution in [-0.4, -0.2) is 21.9 Å². The Balaban J connectivity index is 2.28. The number of hydrogen-bond donors (Lipinski definition) is 1. The fraction of sp³-hybridized carbons (Fsp3) is 1.00. The van der Waals surface area contributed by atoms with Crippen molar-refractivity contribution in [3.8, 4) is 0 Å². The Morgan fingerprint density at radius 2 is 2.38 bits per heavy atom. The van der Waals surface area contributed by atoms with Gasteiger partial charge >= 0.3 is 0 Å². The molecule has 2 atom stereocenters. The Labute approximate surface area is 62.4 Å². The van der Waals surface area contributed by atoms with E-state index in [0.29, 0.717) is 3.92 Å². The molecule has 0 saturated carbocycles. The largest absolute Gasteiger partial charge is 0.367 e. The zero-order valence-electron chi connectivity index (χ0n) is 4.51. The average molecular weight is 228 g/mol. The number of ether oxygens (including phenoxy) is 1. The van der Waals surface area contributed by atoms with Crippen LogP contribution in [0.2, 0.25) is 0 Å². The standard InChI is InChI=1S/C5H9IO2/c6-4-2-1-3-8-5(4)7/h4-5,7H,1-3H2. The zero-order chi connectivity index (χ0) is 5.98. The summed E-state index contributed by atoms with van der Waals surface area (Å²) in [5.41, 5.74) is 0. The third-order valence-electron chi connectivity index (χ3n) is 1.22. The van der Waals surface area contributed by atoms with Crippen LogP contribution in [-0.2, 0) is 4.74 Å². The lowest BCUT2D eigenvalue weighted by Crippen LogP contribution is -2.28. The fourth-order valence-electron chi connectivity index (χ4n) is 0.729. The second-order valence-electron chi connectivity index (χ2n) is 1.92. The zero-order valence-corrected chi connectivity index (χ0v) is 6.67. The summed E-state index contributed by atoms with van der Waals surface area (Å²) < 4.78 is 5.24. The number of rotatable bonds is 0. The lowest BCUT2D eigenvalue weighted by atomic mass is 10.2.